The van der Waals surface area contributed by atoms with Gasteiger partial charge in [-0.15, -0.1) is 23.5 Å². The van der Waals surface area contributed by atoms with Gasteiger partial charge in [0.05, 0.1) is 41.3 Å². The highest BCUT2D eigenvalue weighted by molar-refractivity contribution is 8.00. The van der Waals surface area contributed by atoms with Gasteiger partial charge >= 0.3 is 5.97 Å². The van der Waals surface area contributed by atoms with Crippen molar-refractivity contribution in [3.8, 4) is 0 Å². The minimum absolute atomic E-state index is 0.0517. The maximum Gasteiger partial charge on any atom is 0.329 e. The summed E-state index contributed by atoms with van der Waals surface area (Å²) in [6.07, 6.45) is -1.36. The number of rotatable bonds is 36. The van der Waals surface area contributed by atoms with Crippen molar-refractivity contribution < 1.29 is 57.4 Å². The average molecular weight is 1450 g/mol. The first-order valence-corrected chi connectivity index (χ1v) is 36.7. The molecule has 103 heavy (non-hydrogen) atoms. The van der Waals surface area contributed by atoms with Crippen LogP contribution in [0.5, 0.6) is 0 Å². The molecule has 22 nitrogen and oxygen atoms in total. The first-order chi connectivity index (χ1) is 48.7. The molecule has 0 heterocycles. The number of nitrogens with two attached hydrogens (primary N) is 1. The molecule has 552 valence electrons. The predicted octanol–water partition coefficient (Wildman–Crippen LogP) is 7.66. The SMILES string of the molecule is CC(=O)NCSC[C@H](NC(=O)CNC(=O)[C@@H](NC(=O)[C@H](CSC(c1ccccc1)(c1ccccc1)c1ccccc1)NC(=O)[C@H](C)NC(=O)[C@@H](NC(=O)[C@@H](N)CC(=O)NC(c1ccccc1)(c1ccccc1)c1ccccc1)C(C)C)[C@@H](C)OC(C)(C)C)C(=O)N[C@@H](CC(C)C)C(=O)OC(C)(C)C. The maximum absolute atomic E-state index is 15.5. The second-order valence-electron chi connectivity index (χ2n) is 28.1. The van der Waals surface area contributed by atoms with Gasteiger partial charge in [-0.3, -0.25) is 43.2 Å². The van der Waals surface area contributed by atoms with Gasteiger partial charge in [-0.25, -0.2) is 4.79 Å². The molecule has 6 aromatic carbocycles. The van der Waals surface area contributed by atoms with Crippen molar-refractivity contribution in [3.63, 3.8) is 0 Å². The Balaban J connectivity index is 1.27. The van der Waals surface area contributed by atoms with Crippen LogP contribution in [0.25, 0.3) is 0 Å². The van der Waals surface area contributed by atoms with Gasteiger partial charge in [0.25, 0.3) is 0 Å². The number of esters is 1. The van der Waals surface area contributed by atoms with Crippen LogP contribution in [0.4, 0.5) is 0 Å². The molecule has 0 radical (unpaired) electrons. The minimum atomic E-state index is -1.55. The molecule has 24 heteroatoms. The summed E-state index contributed by atoms with van der Waals surface area (Å²) in [6.45, 7) is 21.1. The number of carbonyl (C=O) groups is 10. The number of ether oxygens (including phenoxy) is 2. The Labute approximate surface area is 614 Å². The highest BCUT2D eigenvalue weighted by Gasteiger charge is 2.43. The van der Waals surface area contributed by atoms with E-state index >= 15 is 4.79 Å². The van der Waals surface area contributed by atoms with Gasteiger partial charge in [0, 0.05) is 18.4 Å². The number of hydrogen-bond acceptors (Lipinski definition) is 15. The number of amides is 9. The van der Waals surface area contributed by atoms with Crippen LogP contribution in [-0.4, -0.2) is 143 Å². The van der Waals surface area contributed by atoms with Crippen molar-refractivity contribution >= 4 is 82.7 Å². The van der Waals surface area contributed by atoms with Crippen LogP contribution < -0.4 is 53.6 Å². The summed E-state index contributed by atoms with van der Waals surface area (Å²) in [7, 11) is 0. The molecule has 0 aliphatic heterocycles. The van der Waals surface area contributed by atoms with E-state index in [0.29, 0.717) is 0 Å². The summed E-state index contributed by atoms with van der Waals surface area (Å²) >= 11 is 2.46. The number of hydrogen-bond donors (Lipinski definition) is 10. The molecule has 0 aliphatic rings. The van der Waals surface area contributed by atoms with Gasteiger partial charge in [0.2, 0.25) is 53.2 Å². The Hall–Kier alpha value is -9.36. The van der Waals surface area contributed by atoms with E-state index in [1.807, 2.05) is 196 Å². The monoisotopic (exact) mass is 1450 g/mol. The smallest absolute Gasteiger partial charge is 0.329 e. The second-order valence-corrected chi connectivity index (χ2v) is 30.3. The molecular weight excluding hydrogens is 1350 g/mol. The third-order valence-corrected chi connectivity index (χ3v) is 19.0. The van der Waals surface area contributed by atoms with E-state index < -0.39 is 142 Å². The van der Waals surface area contributed by atoms with Crippen molar-refractivity contribution in [2.45, 2.75) is 173 Å². The van der Waals surface area contributed by atoms with E-state index in [2.05, 4.69) is 47.9 Å². The topological polar surface area (TPSA) is 323 Å². The van der Waals surface area contributed by atoms with Crippen molar-refractivity contribution in [1.82, 2.24) is 47.9 Å². The number of carbonyl (C=O) groups excluding carboxylic acids is 10. The first-order valence-electron chi connectivity index (χ1n) is 34.6. The molecule has 0 aromatic heterocycles. The van der Waals surface area contributed by atoms with Crippen molar-refractivity contribution in [2.75, 3.05) is 23.9 Å². The van der Waals surface area contributed by atoms with Crippen LogP contribution in [0.3, 0.4) is 0 Å². The van der Waals surface area contributed by atoms with Crippen LogP contribution in [0.1, 0.15) is 136 Å². The van der Waals surface area contributed by atoms with Crippen molar-refractivity contribution in [3.05, 3.63) is 215 Å². The molecule has 0 saturated carbocycles. The van der Waals surface area contributed by atoms with Gasteiger partial charge in [0.15, 0.2) is 0 Å². The van der Waals surface area contributed by atoms with Crippen molar-refractivity contribution in [2.24, 2.45) is 17.6 Å². The summed E-state index contributed by atoms with van der Waals surface area (Å²) in [5.74, 6) is -8.02. The number of thioether (sulfide) groups is 2. The summed E-state index contributed by atoms with van der Waals surface area (Å²) in [5.41, 5.74) is 8.33. The molecule has 0 spiro atoms. The third-order valence-electron chi connectivity index (χ3n) is 16.4. The highest BCUT2D eigenvalue weighted by atomic mass is 32.2. The Kier molecular flexibility index (Phi) is 31.1. The Bertz CT molecular complexity index is 3580. The molecule has 0 fully saturated rings. The minimum Gasteiger partial charge on any atom is -0.458 e. The summed E-state index contributed by atoms with van der Waals surface area (Å²) in [6, 6.07) is 47.6. The second kappa shape index (κ2) is 38.8. The lowest BCUT2D eigenvalue weighted by atomic mass is 9.77. The molecule has 0 bridgehead atoms. The molecule has 8 atom stereocenters. The van der Waals surface area contributed by atoms with Gasteiger partial charge in [-0.05, 0) is 107 Å². The van der Waals surface area contributed by atoms with E-state index in [4.69, 9.17) is 15.2 Å². The van der Waals surface area contributed by atoms with E-state index in [9.17, 15) is 43.2 Å². The lowest BCUT2D eigenvalue weighted by Gasteiger charge is -2.37. The summed E-state index contributed by atoms with van der Waals surface area (Å²) in [4.78, 5) is 141. The van der Waals surface area contributed by atoms with Gasteiger partial charge in [-0.1, -0.05) is 210 Å². The zero-order valence-corrected chi connectivity index (χ0v) is 62.8. The Morgan fingerprint density at radius 3 is 1.30 bits per heavy atom. The predicted molar refractivity (Wildman–Crippen MR) is 403 cm³/mol. The fourth-order valence-corrected chi connectivity index (χ4v) is 14.0. The number of benzene rings is 6. The van der Waals surface area contributed by atoms with E-state index in [0.717, 1.165) is 45.1 Å². The fraction of sp³-hybridized carbons (Fsp3) is 0.418. The van der Waals surface area contributed by atoms with Crippen LogP contribution >= 0.6 is 23.5 Å². The maximum atomic E-state index is 15.5. The molecule has 6 aromatic rings. The van der Waals surface area contributed by atoms with Crippen LogP contribution in [0, 0.1) is 11.8 Å². The molecule has 0 saturated heterocycles. The molecule has 0 unspecified atom stereocenters. The number of nitrogens with one attached hydrogen (secondary N) is 9. The molecule has 9 amide bonds. The Morgan fingerprint density at radius 2 is 0.874 bits per heavy atom. The zero-order valence-electron chi connectivity index (χ0n) is 61.1. The molecular formula is C79H102N10O12S2. The molecule has 0 aliphatic carbocycles. The lowest BCUT2D eigenvalue weighted by Crippen LogP contribution is -2.61. The summed E-state index contributed by atoms with van der Waals surface area (Å²) < 4.78 is 10.9. The van der Waals surface area contributed by atoms with Crippen LogP contribution in [-0.2, 0) is 67.7 Å². The summed E-state index contributed by atoms with van der Waals surface area (Å²) in [5, 5.41) is 25.0. The standard InChI is InChI=1S/C79H102N10O12S2/c1-50(2)44-62(75(99)101-77(11,12)13)85-71(95)63(47-102-49-82-54(7)90)84-66(92)46-81-73(97)68(53(6)100-76(8,9)10)88-72(96)64(48-103-79(58-38-26-17-27-39-58,59-40-28-18-29-41-59)60-42-30-19-31-43-60)86-69(93)52(5)83-74(98)67(51(3)4)87-70(94)61(80)45-65(91)89-78(55-32-20-14-21-33-55,56-34-22-15-23-35-56)57-36-24-16-25-37-57/h14-43,50-53,61-64,67-68H,44-49,80H2,1-13H3,(H,81,97)(H,82,90)(H,83,98)(H,84,92)(H,85,95)(H,86,93)(H,87,94)(H,88,96)(H,89,91)/t52-,53+,61-,62-,63-,64-,67-,68-/m0/s1. The molecule has 11 N–H and O–H groups in total. The highest BCUT2D eigenvalue weighted by Crippen LogP contribution is 2.49. The quantitative estimate of drug-likeness (QED) is 0.00781. The van der Waals surface area contributed by atoms with Gasteiger partial charge in [0.1, 0.15) is 47.4 Å². The van der Waals surface area contributed by atoms with Gasteiger partial charge in [-0.2, -0.15) is 0 Å². The zero-order chi connectivity index (χ0) is 75.7. The normalized spacial score (nSPS) is 14.1. The van der Waals surface area contributed by atoms with E-state index in [-0.39, 0.29) is 35.6 Å². The Morgan fingerprint density at radius 1 is 0.447 bits per heavy atom. The van der Waals surface area contributed by atoms with E-state index in [1.54, 1.807) is 62.3 Å². The largest absolute Gasteiger partial charge is 0.458 e. The third kappa shape index (κ3) is 24.7. The van der Waals surface area contributed by atoms with Crippen LogP contribution in [0.15, 0.2) is 182 Å². The van der Waals surface area contributed by atoms with Crippen LogP contribution in [0.2, 0.25) is 0 Å². The first kappa shape index (κ1) is 82.6. The van der Waals surface area contributed by atoms with Crippen molar-refractivity contribution in [1.29, 1.82) is 0 Å². The average Bonchev–Trinajstić information content (AvgIpc) is 0.761. The molecule has 6 rings (SSSR count). The van der Waals surface area contributed by atoms with E-state index in [1.165, 1.54) is 25.6 Å². The fourth-order valence-electron chi connectivity index (χ4n) is 11.6. The lowest BCUT2D eigenvalue weighted by molar-refractivity contribution is -0.159. The van der Waals surface area contributed by atoms with Gasteiger partial charge < -0.3 is 63.1 Å².